The van der Waals surface area contributed by atoms with E-state index in [4.69, 9.17) is 5.11 Å². The molecule has 1 unspecified atom stereocenters. The fourth-order valence-electron chi connectivity index (χ4n) is 1.07. The van der Waals surface area contributed by atoms with Crippen LogP contribution in [0.1, 0.15) is 27.2 Å². The highest BCUT2D eigenvalue weighted by molar-refractivity contribution is 4.68. The van der Waals surface area contributed by atoms with E-state index in [1.54, 1.807) is 0 Å². The van der Waals surface area contributed by atoms with E-state index >= 15 is 0 Å². The lowest BCUT2D eigenvalue weighted by Gasteiger charge is -2.20. The minimum Gasteiger partial charge on any atom is -0.396 e. The highest BCUT2D eigenvalue weighted by atomic mass is 16.3. The molecule has 0 aromatic carbocycles. The molecule has 0 fully saturated rings. The van der Waals surface area contributed by atoms with Gasteiger partial charge >= 0.3 is 0 Å². The van der Waals surface area contributed by atoms with Crippen LogP contribution >= 0.6 is 0 Å². The van der Waals surface area contributed by atoms with Crippen molar-refractivity contribution in [3.05, 3.63) is 0 Å². The van der Waals surface area contributed by atoms with E-state index in [0.717, 1.165) is 13.0 Å². The minimum atomic E-state index is 0.288. The summed E-state index contributed by atoms with van der Waals surface area (Å²) < 4.78 is 0. The second-order valence-electron chi connectivity index (χ2n) is 2.92. The molecule has 2 heteroatoms. The Kier molecular flexibility index (Phi) is 5.64. The first kappa shape index (κ1) is 9.92. The van der Waals surface area contributed by atoms with E-state index in [-0.39, 0.29) is 6.61 Å². The van der Waals surface area contributed by atoms with Crippen LogP contribution < -0.4 is 5.32 Å². The highest BCUT2D eigenvalue weighted by Gasteiger charge is 2.09. The normalized spacial score (nSPS) is 14.1. The third-order valence-corrected chi connectivity index (χ3v) is 1.71. The first-order valence-electron chi connectivity index (χ1n) is 4.06. The average Bonchev–Trinajstić information content (AvgIpc) is 1.87. The first-order chi connectivity index (χ1) is 4.72. The van der Waals surface area contributed by atoms with Crippen LogP contribution in [0, 0.1) is 5.92 Å². The van der Waals surface area contributed by atoms with E-state index < -0.39 is 0 Å². The van der Waals surface area contributed by atoms with Gasteiger partial charge in [0.15, 0.2) is 0 Å². The summed E-state index contributed by atoms with van der Waals surface area (Å²) in [5.74, 6) is 0.618. The lowest BCUT2D eigenvalue weighted by Crippen LogP contribution is -2.34. The van der Waals surface area contributed by atoms with Gasteiger partial charge in [-0.3, -0.25) is 0 Å². The molecule has 0 aliphatic rings. The Hall–Kier alpha value is -0.0800. The molecule has 0 saturated heterocycles. The Morgan fingerprint density at radius 1 is 1.40 bits per heavy atom. The molecule has 0 bridgehead atoms. The molecule has 2 nitrogen and oxygen atoms in total. The van der Waals surface area contributed by atoms with Gasteiger partial charge < -0.3 is 10.4 Å². The molecule has 0 aromatic heterocycles. The predicted octanol–water partition coefficient (Wildman–Crippen LogP) is 1.00. The van der Waals surface area contributed by atoms with Crippen molar-refractivity contribution in [3.63, 3.8) is 0 Å². The third-order valence-electron chi connectivity index (χ3n) is 1.71. The van der Waals surface area contributed by atoms with E-state index in [0.29, 0.717) is 12.0 Å². The van der Waals surface area contributed by atoms with Gasteiger partial charge in [-0.15, -0.1) is 0 Å². The third kappa shape index (κ3) is 3.85. The summed E-state index contributed by atoms with van der Waals surface area (Å²) in [6, 6.07) is 0.481. The molecule has 0 heterocycles. The van der Waals surface area contributed by atoms with Gasteiger partial charge in [-0.2, -0.15) is 0 Å². The zero-order valence-corrected chi connectivity index (χ0v) is 7.22. The molecule has 0 aliphatic heterocycles. The molecule has 62 valence electrons. The fourth-order valence-corrected chi connectivity index (χ4v) is 1.07. The van der Waals surface area contributed by atoms with Crippen molar-refractivity contribution in [2.24, 2.45) is 5.92 Å². The first-order valence-corrected chi connectivity index (χ1v) is 4.06. The van der Waals surface area contributed by atoms with Crippen LogP contribution in [0.4, 0.5) is 0 Å². The molecular formula is C8H19NO. The van der Waals surface area contributed by atoms with Crippen LogP contribution in [0.25, 0.3) is 0 Å². The lowest BCUT2D eigenvalue weighted by molar-refractivity contribution is 0.246. The van der Waals surface area contributed by atoms with Crippen LogP contribution in [-0.2, 0) is 0 Å². The number of hydrogen-bond donors (Lipinski definition) is 2. The van der Waals surface area contributed by atoms with Gasteiger partial charge in [-0.1, -0.05) is 20.8 Å². The Labute approximate surface area is 63.6 Å². The van der Waals surface area contributed by atoms with Crippen molar-refractivity contribution < 1.29 is 5.11 Å². The molecule has 0 aliphatic carbocycles. The summed E-state index contributed by atoms with van der Waals surface area (Å²) in [6.45, 7) is 7.71. The zero-order chi connectivity index (χ0) is 7.98. The molecule has 0 radical (unpaired) electrons. The van der Waals surface area contributed by atoms with Crippen LogP contribution in [0.15, 0.2) is 0 Å². The average molecular weight is 145 g/mol. The van der Waals surface area contributed by atoms with E-state index in [1.807, 2.05) is 0 Å². The quantitative estimate of drug-likeness (QED) is 0.605. The molecule has 0 rings (SSSR count). The number of aliphatic hydroxyl groups excluding tert-OH is 1. The van der Waals surface area contributed by atoms with Crippen LogP contribution in [0.3, 0.4) is 0 Å². The summed E-state index contributed by atoms with van der Waals surface area (Å²) in [5, 5.41) is 12.0. The smallest absolute Gasteiger partial charge is 0.0445 e. The van der Waals surface area contributed by atoms with Crippen LogP contribution in [0.2, 0.25) is 0 Å². The maximum absolute atomic E-state index is 8.67. The predicted molar refractivity (Wildman–Crippen MR) is 44.0 cm³/mol. The van der Waals surface area contributed by atoms with Gasteiger partial charge in [0.1, 0.15) is 0 Å². The van der Waals surface area contributed by atoms with Crippen molar-refractivity contribution >= 4 is 0 Å². The molecule has 2 N–H and O–H groups in total. The number of rotatable bonds is 5. The topological polar surface area (TPSA) is 32.3 Å². The molecule has 0 saturated carbocycles. The zero-order valence-electron chi connectivity index (χ0n) is 7.22. The highest BCUT2D eigenvalue weighted by Crippen LogP contribution is 2.04. The van der Waals surface area contributed by atoms with Crippen LogP contribution in [0.5, 0.6) is 0 Å². The van der Waals surface area contributed by atoms with Gasteiger partial charge in [0.2, 0.25) is 0 Å². The molecule has 0 amide bonds. The van der Waals surface area contributed by atoms with Gasteiger partial charge in [0.25, 0.3) is 0 Å². The summed E-state index contributed by atoms with van der Waals surface area (Å²) >= 11 is 0. The largest absolute Gasteiger partial charge is 0.396 e. The summed E-state index contributed by atoms with van der Waals surface area (Å²) in [7, 11) is 0. The van der Waals surface area contributed by atoms with Crippen LogP contribution in [-0.4, -0.2) is 24.3 Å². The summed E-state index contributed by atoms with van der Waals surface area (Å²) in [4.78, 5) is 0. The van der Waals surface area contributed by atoms with Crippen molar-refractivity contribution in [1.29, 1.82) is 0 Å². The number of nitrogens with one attached hydrogen (secondary N) is 1. The second kappa shape index (κ2) is 5.69. The van der Waals surface area contributed by atoms with E-state index in [9.17, 15) is 0 Å². The molecular weight excluding hydrogens is 126 g/mol. The maximum Gasteiger partial charge on any atom is 0.0445 e. The van der Waals surface area contributed by atoms with Crippen molar-refractivity contribution in [2.45, 2.75) is 33.2 Å². The van der Waals surface area contributed by atoms with Crippen molar-refractivity contribution in [1.82, 2.24) is 5.32 Å². The Morgan fingerprint density at radius 3 is 2.30 bits per heavy atom. The monoisotopic (exact) mass is 145 g/mol. The minimum absolute atomic E-state index is 0.288. The van der Waals surface area contributed by atoms with Gasteiger partial charge in [-0.05, 0) is 18.9 Å². The fraction of sp³-hybridized carbons (Fsp3) is 1.00. The summed E-state index contributed by atoms with van der Waals surface area (Å²) in [5.41, 5.74) is 0. The number of aliphatic hydroxyl groups is 1. The van der Waals surface area contributed by atoms with Gasteiger partial charge in [0.05, 0.1) is 0 Å². The molecule has 0 spiro atoms. The lowest BCUT2D eigenvalue weighted by atomic mass is 10.0. The van der Waals surface area contributed by atoms with Gasteiger partial charge in [-0.25, -0.2) is 0 Å². The Balaban J connectivity index is 3.50. The van der Waals surface area contributed by atoms with E-state index in [1.165, 1.54) is 0 Å². The van der Waals surface area contributed by atoms with E-state index in [2.05, 4.69) is 26.1 Å². The Bertz CT molecular complexity index is 67.7. The molecule has 0 aromatic rings. The standard InChI is InChI=1S/C8H19NO/c1-4-9-8(5-6-10)7(2)3/h7-10H,4-6H2,1-3H3. The summed E-state index contributed by atoms with van der Waals surface area (Å²) in [6.07, 6.45) is 0.867. The van der Waals surface area contributed by atoms with Crippen molar-refractivity contribution in [3.8, 4) is 0 Å². The molecule has 10 heavy (non-hydrogen) atoms. The number of hydrogen-bond acceptors (Lipinski definition) is 2. The SMILES string of the molecule is CCNC(CCO)C(C)C. The maximum atomic E-state index is 8.67. The molecule has 1 atom stereocenters. The second-order valence-corrected chi connectivity index (χ2v) is 2.92. The van der Waals surface area contributed by atoms with Crippen molar-refractivity contribution in [2.75, 3.05) is 13.2 Å². The van der Waals surface area contributed by atoms with Gasteiger partial charge in [0, 0.05) is 12.6 Å². The Morgan fingerprint density at radius 2 is 2.00 bits per heavy atom.